The average Bonchev–Trinajstić information content (AvgIpc) is 2.35. The summed E-state index contributed by atoms with van der Waals surface area (Å²) in [5.74, 6) is -0.164. The molecule has 0 fully saturated rings. The molecule has 1 unspecified atom stereocenters. The van der Waals surface area contributed by atoms with Gasteiger partial charge in [-0.05, 0) is 12.5 Å². The third kappa shape index (κ3) is 5.34. The van der Waals surface area contributed by atoms with Gasteiger partial charge in [0.1, 0.15) is 5.82 Å². The van der Waals surface area contributed by atoms with Gasteiger partial charge in [0.2, 0.25) is 0 Å². The fourth-order valence-corrected chi connectivity index (χ4v) is 2.44. The summed E-state index contributed by atoms with van der Waals surface area (Å²) in [5.41, 5.74) is 0.678. The van der Waals surface area contributed by atoms with Gasteiger partial charge in [-0.2, -0.15) is 0 Å². The lowest BCUT2D eigenvalue weighted by Gasteiger charge is -2.16. The van der Waals surface area contributed by atoms with Gasteiger partial charge in [0, 0.05) is 16.6 Å². The number of alkyl halides is 1. The molecule has 3 heteroatoms. The van der Waals surface area contributed by atoms with Crippen molar-refractivity contribution in [3.05, 3.63) is 35.6 Å². The highest BCUT2D eigenvalue weighted by molar-refractivity contribution is 14.1. The van der Waals surface area contributed by atoms with Gasteiger partial charge < -0.3 is 4.74 Å². The highest BCUT2D eigenvalue weighted by Gasteiger charge is 2.14. The van der Waals surface area contributed by atoms with E-state index in [-0.39, 0.29) is 11.9 Å². The summed E-state index contributed by atoms with van der Waals surface area (Å²) in [6, 6.07) is 6.88. The maximum Gasteiger partial charge on any atom is 0.129 e. The second kappa shape index (κ2) is 8.86. The molecule has 96 valence electrons. The number of halogens is 2. The van der Waals surface area contributed by atoms with Gasteiger partial charge in [0.15, 0.2) is 0 Å². The molecule has 17 heavy (non-hydrogen) atoms. The zero-order chi connectivity index (χ0) is 12.5. The van der Waals surface area contributed by atoms with E-state index >= 15 is 0 Å². The minimum absolute atomic E-state index is 0.113. The molecule has 0 saturated heterocycles. The van der Waals surface area contributed by atoms with Crippen molar-refractivity contribution >= 4 is 22.6 Å². The summed E-state index contributed by atoms with van der Waals surface area (Å²) < 4.78 is 20.1. The molecule has 0 saturated carbocycles. The first-order valence-corrected chi connectivity index (χ1v) is 7.74. The predicted octanol–water partition coefficient (Wildman–Crippen LogP) is 4.90. The van der Waals surface area contributed by atoms with E-state index in [0.717, 1.165) is 17.5 Å². The van der Waals surface area contributed by atoms with Gasteiger partial charge in [-0.1, -0.05) is 67.0 Å². The molecule has 0 aliphatic rings. The lowest BCUT2D eigenvalue weighted by molar-refractivity contribution is 0.0656. The van der Waals surface area contributed by atoms with Crippen LogP contribution in [0.2, 0.25) is 0 Å². The molecule has 0 aliphatic carbocycles. The third-order valence-electron chi connectivity index (χ3n) is 2.71. The van der Waals surface area contributed by atoms with Crippen LogP contribution < -0.4 is 0 Å². The Labute approximate surface area is 117 Å². The summed E-state index contributed by atoms with van der Waals surface area (Å²) >= 11 is 2.25. The maximum atomic E-state index is 13.6. The van der Waals surface area contributed by atoms with Crippen molar-refractivity contribution in [3.63, 3.8) is 0 Å². The molecule has 1 nitrogen and oxygen atoms in total. The first kappa shape index (κ1) is 14.9. The third-order valence-corrected chi connectivity index (χ3v) is 3.51. The van der Waals surface area contributed by atoms with Crippen LogP contribution in [-0.2, 0) is 4.74 Å². The topological polar surface area (TPSA) is 9.23 Å². The second-order valence-corrected chi connectivity index (χ2v) is 4.98. The molecule has 0 heterocycles. The van der Waals surface area contributed by atoms with Crippen LogP contribution in [0.4, 0.5) is 4.39 Å². The van der Waals surface area contributed by atoms with E-state index in [4.69, 9.17) is 4.74 Å². The SMILES string of the molecule is CCCCCCOC(CI)c1ccccc1F. The fourth-order valence-electron chi connectivity index (χ4n) is 1.71. The quantitative estimate of drug-likeness (QED) is 0.368. The van der Waals surface area contributed by atoms with Crippen molar-refractivity contribution in [2.75, 3.05) is 11.0 Å². The Hall–Kier alpha value is -0.160. The van der Waals surface area contributed by atoms with Crippen LogP contribution in [0.15, 0.2) is 24.3 Å². The summed E-state index contributed by atoms with van der Waals surface area (Å²) in [4.78, 5) is 0. The highest BCUT2D eigenvalue weighted by atomic mass is 127. The molecule has 0 bridgehead atoms. The predicted molar refractivity (Wildman–Crippen MR) is 78.1 cm³/mol. The van der Waals surface area contributed by atoms with Crippen molar-refractivity contribution in [1.29, 1.82) is 0 Å². The van der Waals surface area contributed by atoms with Crippen molar-refractivity contribution < 1.29 is 9.13 Å². The lowest BCUT2D eigenvalue weighted by atomic mass is 10.1. The van der Waals surface area contributed by atoms with Crippen LogP contribution >= 0.6 is 22.6 Å². The summed E-state index contributed by atoms with van der Waals surface area (Å²) in [7, 11) is 0. The molecule has 0 amide bonds. The zero-order valence-corrected chi connectivity index (χ0v) is 12.5. The van der Waals surface area contributed by atoms with Crippen LogP contribution in [0.3, 0.4) is 0 Å². The maximum absolute atomic E-state index is 13.6. The molecular weight excluding hydrogens is 330 g/mol. The molecule has 0 radical (unpaired) electrons. The summed E-state index contributed by atoms with van der Waals surface area (Å²) in [6.07, 6.45) is 4.62. The van der Waals surface area contributed by atoms with Gasteiger partial charge in [-0.25, -0.2) is 4.39 Å². The molecule has 1 atom stereocenters. The van der Waals surface area contributed by atoms with E-state index in [1.165, 1.54) is 25.3 Å². The van der Waals surface area contributed by atoms with Gasteiger partial charge in [-0.15, -0.1) is 0 Å². The van der Waals surface area contributed by atoms with Crippen LogP contribution in [0.5, 0.6) is 0 Å². The van der Waals surface area contributed by atoms with E-state index in [2.05, 4.69) is 29.5 Å². The van der Waals surface area contributed by atoms with Crippen molar-refractivity contribution in [2.45, 2.75) is 38.7 Å². The fraction of sp³-hybridized carbons (Fsp3) is 0.571. The Morgan fingerprint density at radius 2 is 2.00 bits per heavy atom. The van der Waals surface area contributed by atoms with E-state index in [9.17, 15) is 4.39 Å². The molecule has 0 aromatic heterocycles. The zero-order valence-electron chi connectivity index (χ0n) is 10.3. The summed E-state index contributed by atoms with van der Waals surface area (Å²) in [5, 5.41) is 0. The van der Waals surface area contributed by atoms with E-state index < -0.39 is 0 Å². The van der Waals surface area contributed by atoms with E-state index in [1.54, 1.807) is 6.07 Å². The molecule has 1 aromatic carbocycles. The van der Waals surface area contributed by atoms with Gasteiger partial charge in [0.05, 0.1) is 6.10 Å². The number of unbranched alkanes of at least 4 members (excludes halogenated alkanes) is 3. The van der Waals surface area contributed by atoms with Crippen molar-refractivity contribution in [1.82, 2.24) is 0 Å². The van der Waals surface area contributed by atoms with E-state index in [0.29, 0.717) is 5.56 Å². The molecular formula is C14H20FIO. The number of hydrogen-bond acceptors (Lipinski definition) is 1. The average molecular weight is 350 g/mol. The standard InChI is InChI=1S/C14H20FIO/c1-2-3-4-7-10-17-14(11-16)12-8-5-6-9-13(12)15/h5-6,8-9,14H,2-4,7,10-11H2,1H3. The Kier molecular flexibility index (Phi) is 7.77. The number of ether oxygens (including phenoxy) is 1. The highest BCUT2D eigenvalue weighted by Crippen LogP contribution is 2.23. The first-order chi connectivity index (χ1) is 8.29. The van der Waals surface area contributed by atoms with Crippen LogP contribution in [0.1, 0.15) is 44.3 Å². The van der Waals surface area contributed by atoms with Crippen LogP contribution in [0.25, 0.3) is 0 Å². The monoisotopic (exact) mass is 350 g/mol. The van der Waals surface area contributed by atoms with Crippen molar-refractivity contribution in [3.8, 4) is 0 Å². The Bertz CT molecular complexity index is 317. The largest absolute Gasteiger partial charge is 0.373 e. The van der Waals surface area contributed by atoms with Crippen LogP contribution in [-0.4, -0.2) is 11.0 Å². The van der Waals surface area contributed by atoms with Gasteiger partial charge >= 0.3 is 0 Å². The molecule has 1 rings (SSSR count). The number of rotatable bonds is 8. The minimum Gasteiger partial charge on any atom is -0.373 e. The van der Waals surface area contributed by atoms with Crippen LogP contribution in [0, 0.1) is 5.82 Å². The Morgan fingerprint density at radius 1 is 1.24 bits per heavy atom. The number of hydrogen-bond donors (Lipinski definition) is 0. The molecule has 0 N–H and O–H groups in total. The number of benzene rings is 1. The molecule has 0 aliphatic heterocycles. The normalized spacial score (nSPS) is 12.6. The summed E-state index contributed by atoms with van der Waals surface area (Å²) in [6.45, 7) is 2.91. The first-order valence-electron chi connectivity index (χ1n) is 6.21. The Balaban J connectivity index is 2.41. The van der Waals surface area contributed by atoms with Crippen molar-refractivity contribution in [2.24, 2.45) is 0 Å². The van der Waals surface area contributed by atoms with E-state index in [1.807, 2.05) is 12.1 Å². The van der Waals surface area contributed by atoms with Gasteiger partial charge in [-0.3, -0.25) is 0 Å². The van der Waals surface area contributed by atoms with Gasteiger partial charge in [0.25, 0.3) is 0 Å². The molecule has 1 aromatic rings. The Morgan fingerprint density at radius 3 is 2.65 bits per heavy atom. The molecule has 0 spiro atoms. The lowest BCUT2D eigenvalue weighted by Crippen LogP contribution is -2.09. The minimum atomic E-state index is -0.164. The smallest absolute Gasteiger partial charge is 0.129 e. The second-order valence-electron chi connectivity index (χ2n) is 4.10.